The van der Waals surface area contributed by atoms with E-state index in [1.807, 2.05) is 31.2 Å². The highest BCUT2D eigenvalue weighted by molar-refractivity contribution is 6.55. The third kappa shape index (κ3) is 8.15. The zero-order valence-corrected chi connectivity index (χ0v) is 19.5. The van der Waals surface area contributed by atoms with Crippen molar-refractivity contribution in [1.29, 1.82) is 0 Å². The Labute approximate surface area is 196 Å². The van der Waals surface area contributed by atoms with Crippen LogP contribution in [0.25, 0.3) is 0 Å². The minimum absolute atomic E-state index is 0.124. The first-order valence-electron chi connectivity index (χ1n) is 8.97. The summed E-state index contributed by atoms with van der Waals surface area (Å²) in [5, 5.41) is 4.61. The van der Waals surface area contributed by atoms with Crippen LogP contribution >= 0.6 is 46.4 Å². The highest BCUT2D eigenvalue weighted by Crippen LogP contribution is 2.37. The van der Waals surface area contributed by atoms with E-state index in [-0.39, 0.29) is 11.1 Å². The SMILES string of the molecule is CON=C(C)c1cccc(OCCCOc2c(Cl)cc(OCC=C(Cl)Cl)cc2Cl)c1. The van der Waals surface area contributed by atoms with Crippen molar-refractivity contribution in [1.82, 2.24) is 0 Å². The average Bonchev–Trinajstić information content (AvgIpc) is 2.69. The topological polar surface area (TPSA) is 49.3 Å². The normalized spacial score (nSPS) is 11.1. The van der Waals surface area contributed by atoms with Crippen molar-refractivity contribution < 1.29 is 19.0 Å². The molecule has 0 saturated carbocycles. The van der Waals surface area contributed by atoms with Crippen molar-refractivity contribution in [2.24, 2.45) is 5.16 Å². The van der Waals surface area contributed by atoms with Crippen molar-refractivity contribution in [3.8, 4) is 17.2 Å². The van der Waals surface area contributed by atoms with Gasteiger partial charge in [-0.3, -0.25) is 0 Å². The van der Waals surface area contributed by atoms with E-state index in [0.29, 0.717) is 41.2 Å². The van der Waals surface area contributed by atoms with Gasteiger partial charge in [-0.15, -0.1) is 0 Å². The molecule has 162 valence electrons. The van der Waals surface area contributed by atoms with Crippen molar-refractivity contribution in [3.05, 3.63) is 62.6 Å². The Bertz CT molecular complexity index is 875. The number of halogens is 4. The van der Waals surface area contributed by atoms with Crippen molar-refractivity contribution in [2.45, 2.75) is 13.3 Å². The lowest BCUT2D eigenvalue weighted by Crippen LogP contribution is -2.06. The molecule has 0 aliphatic heterocycles. The van der Waals surface area contributed by atoms with E-state index in [0.717, 1.165) is 17.0 Å². The Kier molecular flexibility index (Phi) is 10.4. The fourth-order valence-corrected chi connectivity index (χ4v) is 3.08. The summed E-state index contributed by atoms with van der Waals surface area (Å²) in [6.45, 7) is 2.91. The Morgan fingerprint density at radius 1 is 0.967 bits per heavy atom. The van der Waals surface area contributed by atoms with Gasteiger partial charge >= 0.3 is 0 Å². The number of rotatable bonds is 11. The summed E-state index contributed by atoms with van der Waals surface area (Å²) in [6.07, 6.45) is 2.15. The lowest BCUT2D eigenvalue weighted by molar-refractivity contribution is 0.213. The van der Waals surface area contributed by atoms with E-state index in [1.54, 1.807) is 12.1 Å². The van der Waals surface area contributed by atoms with E-state index < -0.39 is 0 Å². The molecule has 0 atom stereocenters. The summed E-state index contributed by atoms with van der Waals surface area (Å²) in [5.74, 6) is 1.62. The minimum atomic E-state index is 0.124. The molecule has 0 aromatic heterocycles. The molecule has 0 heterocycles. The molecule has 0 aliphatic carbocycles. The maximum atomic E-state index is 6.25. The van der Waals surface area contributed by atoms with Crippen LogP contribution in [0.3, 0.4) is 0 Å². The van der Waals surface area contributed by atoms with E-state index in [2.05, 4.69) is 5.16 Å². The van der Waals surface area contributed by atoms with Gasteiger partial charge in [-0.25, -0.2) is 0 Å². The van der Waals surface area contributed by atoms with Crippen LogP contribution in [0.5, 0.6) is 17.2 Å². The zero-order chi connectivity index (χ0) is 21.9. The van der Waals surface area contributed by atoms with Gasteiger partial charge in [0, 0.05) is 24.1 Å². The molecule has 0 amide bonds. The van der Waals surface area contributed by atoms with Crippen LogP contribution in [0.2, 0.25) is 10.0 Å². The quantitative estimate of drug-likeness (QED) is 0.194. The van der Waals surface area contributed by atoms with Gasteiger partial charge < -0.3 is 19.0 Å². The van der Waals surface area contributed by atoms with Crippen LogP contribution in [-0.2, 0) is 4.84 Å². The fraction of sp³-hybridized carbons (Fsp3) is 0.286. The van der Waals surface area contributed by atoms with E-state index in [4.69, 9.17) is 65.5 Å². The maximum absolute atomic E-state index is 6.25. The first kappa shape index (κ1) is 24.5. The van der Waals surface area contributed by atoms with Gasteiger partial charge in [0.1, 0.15) is 29.7 Å². The molecule has 0 fully saturated rings. The predicted octanol–water partition coefficient (Wildman–Crippen LogP) is 6.91. The van der Waals surface area contributed by atoms with Crippen LogP contribution in [0.15, 0.2) is 52.1 Å². The Balaban J connectivity index is 1.82. The average molecular weight is 493 g/mol. The molecule has 0 spiro atoms. The second-order valence-corrected chi connectivity index (χ2v) is 7.78. The summed E-state index contributed by atoms with van der Waals surface area (Å²) in [4.78, 5) is 4.80. The smallest absolute Gasteiger partial charge is 0.156 e. The molecular weight excluding hydrogens is 472 g/mol. The molecular formula is C21H21Cl4NO4. The molecule has 2 aromatic carbocycles. The largest absolute Gasteiger partial charge is 0.493 e. The van der Waals surface area contributed by atoms with Gasteiger partial charge in [-0.2, -0.15) is 0 Å². The molecule has 0 saturated heterocycles. The van der Waals surface area contributed by atoms with E-state index in [1.165, 1.54) is 13.2 Å². The van der Waals surface area contributed by atoms with Gasteiger partial charge in [-0.05, 0) is 25.1 Å². The van der Waals surface area contributed by atoms with Gasteiger partial charge in [-0.1, -0.05) is 63.7 Å². The number of ether oxygens (including phenoxy) is 3. The third-order valence-electron chi connectivity index (χ3n) is 3.74. The van der Waals surface area contributed by atoms with Crippen LogP contribution in [0, 0.1) is 0 Å². The summed E-state index contributed by atoms with van der Waals surface area (Å²) in [7, 11) is 1.51. The maximum Gasteiger partial charge on any atom is 0.156 e. The van der Waals surface area contributed by atoms with Crippen LogP contribution in [0.4, 0.5) is 0 Å². The first-order chi connectivity index (χ1) is 14.4. The monoisotopic (exact) mass is 491 g/mol. The zero-order valence-electron chi connectivity index (χ0n) is 16.5. The standard InChI is InChI=1S/C21H21Cl4NO4/c1-14(26-27-2)15-5-3-6-16(11-15)28-8-4-9-30-21-18(22)12-17(13-19(21)23)29-10-7-20(24)25/h3,5-7,11-13H,4,8-10H2,1-2H3. The fourth-order valence-electron chi connectivity index (χ4n) is 2.38. The Morgan fingerprint density at radius 3 is 2.33 bits per heavy atom. The van der Waals surface area contributed by atoms with Crippen molar-refractivity contribution in [2.75, 3.05) is 26.9 Å². The third-order valence-corrected chi connectivity index (χ3v) is 4.61. The number of nitrogens with zero attached hydrogens (tertiary/aromatic N) is 1. The van der Waals surface area contributed by atoms with Crippen LogP contribution < -0.4 is 14.2 Å². The summed E-state index contributed by atoms with van der Waals surface area (Å²) in [6, 6.07) is 10.8. The lowest BCUT2D eigenvalue weighted by atomic mass is 10.1. The first-order valence-corrected chi connectivity index (χ1v) is 10.5. The molecule has 30 heavy (non-hydrogen) atoms. The molecule has 9 heteroatoms. The molecule has 2 aromatic rings. The highest BCUT2D eigenvalue weighted by Gasteiger charge is 2.11. The second-order valence-electron chi connectivity index (χ2n) is 5.96. The summed E-state index contributed by atoms with van der Waals surface area (Å²) in [5.41, 5.74) is 1.69. The Morgan fingerprint density at radius 2 is 1.67 bits per heavy atom. The number of hydrogen-bond donors (Lipinski definition) is 0. The molecule has 0 bridgehead atoms. The van der Waals surface area contributed by atoms with Crippen molar-refractivity contribution >= 4 is 52.1 Å². The van der Waals surface area contributed by atoms with Gasteiger partial charge in [0.05, 0.1) is 29.0 Å². The van der Waals surface area contributed by atoms with Gasteiger partial charge in [0.15, 0.2) is 5.75 Å². The van der Waals surface area contributed by atoms with E-state index in [9.17, 15) is 0 Å². The van der Waals surface area contributed by atoms with Gasteiger partial charge in [0.25, 0.3) is 0 Å². The lowest BCUT2D eigenvalue weighted by Gasteiger charge is -2.13. The molecule has 2 rings (SSSR count). The Hall–Kier alpha value is -1.79. The van der Waals surface area contributed by atoms with Crippen molar-refractivity contribution in [3.63, 3.8) is 0 Å². The minimum Gasteiger partial charge on any atom is -0.493 e. The molecule has 5 nitrogen and oxygen atoms in total. The van der Waals surface area contributed by atoms with E-state index >= 15 is 0 Å². The molecule has 0 N–H and O–H groups in total. The summed E-state index contributed by atoms with van der Waals surface area (Å²) >= 11 is 23.6. The molecule has 0 aliphatic rings. The number of hydrogen-bond acceptors (Lipinski definition) is 5. The second kappa shape index (κ2) is 12.8. The highest BCUT2D eigenvalue weighted by atomic mass is 35.5. The van der Waals surface area contributed by atoms with Gasteiger partial charge in [0.2, 0.25) is 0 Å². The predicted molar refractivity (Wildman–Crippen MR) is 123 cm³/mol. The van der Waals surface area contributed by atoms with Crippen LogP contribution in [0.1, 0.15) is 18.9 Å². The number of oxime groups is 1. The van der Waals surface area contributed by atoms with Crippen LogP contribution in [-0.4, -0.2) is 32.6 Å². The molecule has 0 unspecified atom stereocenters. The summed E-state index contributed by atoms with van der Waals surface area (Å²) < 4.78 is 17.1. The number of benzene rings is 2. The molecule has 0 radical (unpaired) electrons.